The standard InChI is InChI=1S/C15H22N4O/c1-2-3-4-5-8-11-20-14-12-9-6-7-10-13(12)17-15(18-14)19-16/h6-7,9-10H,2-5,8,11,16H2,1H3,(H,17,18,19). The van der Waals surface area contributed by atoms with Crippen LogP contribution in [0, 0.1) is 0 Å². The van der Waals surface area contributed by atoms with Crippen LogP contribution in [0.2, 0.25) is 0 Å². The molecule has 0 fully saturated rings. The molecule has 0 amide bonds. The highest BCUT2D eigenvalue weighted by molar-refractivity contribution is 5.84. The van der Waals surface area contributed by atoms with Gasteiger partial charge in [0.05, 0.1) is 17.5 Å². The van der Waals surface area contributed by atoms with Gasteiger partial charge in [-0.25, -0.2) is 10.8 Å². The van der Waals surface area contributed by atoms with Crippen LogP contribution in [0.25, 0.3) is 10.9 Å². The quantitative estimate of drug-likeness (QED) is 0.439. The number of hydrazine groups is 1. The van der Waals surface area contributed by atoms with Gasteiger partial charge in [-0.05, 0) is 18.6 Å². The minimum Gasteiger partial charge on any atom is -0.477 e. The van der Waals surface area contributed by atoms with Crippen LogP contribution in [0.1, 0.15) is 39.0 Å². The van der Waals surface area contributed by atoms with Gasteiger partial charge >= 0.3 is 0 Å². The van der Waals surface area contributed by atoms with Crippen molar-refractivity contribution in [1.29, 1.82) is 0 Å². The molecule has 2 rings (SSSR count). The fourth-order valence-corrected chi connectivity index (χ4v) is 2.10. The maximum atomic E-state index is 5.80. The third kappa shape index (κ3) is 3.81. The fourth-order valence-electron chi connectivity index (χ4n) is 2.10. The van der Waals surface area contributed by atoms with Crippen molar-refractivity contribution in [2.24, 2.45) is 5.84 Å². The lowest BCUT2D eigenvalue weighted by Crippen LogP contribution is -2.11. The van der Waals surface area contributed by atoms with Gasteiger partial charge in [0.25, 0.3) is 0 Å². The SMILES string of the molecule is CCCCCCCOc1nc(NN)nc2ccccc12. The van der Waals surface area contributed by atoms with E-state index < -0.39 is 0 Å². The van der Waals surface area contributed by atoms with E-state index in [9.17, 15) is 0 Å². The molecule has 1 aromatic carbocycles. The third-order valence-corrected chi connectivity index (χ3v) is 3.18. The highest BCUT2D eigenvalue weighted by Crippen LogP contribution is 2.23. The van der Waals surface area contributed by atoms with Gasteiger partial charge in [0.15, 0.2) is 0 Å². The molecule has 108 valence electrons. The number of nitrogens with one attached hydrogen (secondary N) is 1. The summed E-state index contributed by atoms with van der Waals surface area (Å²) in [6, 6.07) is 7.77. The Kier molecular flexibility index (Phi) is 5.55. The molecule has 0 radical (unpaired) electrons. The number of anilines is 1. The van der Waals surface area contributed by atoms with Gasteiger partial charge in [0, 0.05) is 0 Å². The van der Waals surface area contributed by atoms with Gasteiger partial charge in [0.1, 0.15) is 0 Å². The Balaban J connectivity index is 2.01. The molecule has 20 heavy (non-hydrogen) atoms. The number of benzene rings is 1. The summed E-state index contributed by atoms with van der Waals surface area (Å²) in [6.07, 6.45) is 6.04. The number of unbranched alkanes of at least 4 members (excludes halogenated alkanes) is 4. The van der Waals surface area contributed by atoms with E-state index in [0.29, 0.717) is 18.4 Å². The van der Waals surface area contributed by atoms with Crippen molar-refractivity contribution in [2.75, 3.05) is 12.0 Å². The second kappa shape index (κ2) is 7.65. The number of ether oxygens (including phenoxy) is 1. The Morgan fingerprint density at radius 3 is 2.70 bits per heavy atom. The molecule has 3 N–H and O–H groups in total. The van der Waals surface area contributed by atoms with Gasteiger partial charge in [-0.15, -0.1) is 0 Å². The predicted octanol–water partition coefficient (Wildman–Crippen LogP) is 3.26. The maximum absolute atomic E-state index is 5.80. The topological polar surface area (TPSA) is 73.1 Å². The van der Waals surface area contributed by atoms with E-state index in [2.05, 4.69) is 22.3 Å². The molecule has 2 aromatic rings. The number of rotatable bonds is 8. The van der Waals surface area contributed by atoms with E-state index in [1.54, 1.807) is 0 Å². The van der Waals surface area contributed by atoms with Crippen LogP contribution in [0.15, 0.2) is 24.3 Å². The van der Waals surface area contributed by atoms with Crippen molar-refractivity contribution >= 4 is 16.9 Å². The van der Waals surface area contributed by atoms with E-state index in [-0.39, 0.29) is 0 Å². The van der Waals surface area contributed by atoms with E-state index in [4.69, 9.17) is 10.6 Å². The summed E-state index contributed by atoms with van der Waals surface area (Å²) in [5, 5.41) is 0.917. The summed E-state index contributed by atoms with van der Waals surface area (Å²) < 4.78 is 5.80. The van der Waals surface area contributed by atoms with E-state index in [1.807, 2.05) is 24.3 Å². The third-order valence-electron chi connectivity index (χ3n) is 3.18. The van der Waals surface area contributed by atoms with Crippen molar-refractivity contribution in [1.82, 2.24) is 9.97 Å². The first-order valence-electron chi connectivity index (χ1n) is 7.21. The number of aromatic nitrogens is 2. The van der Waals surface area contributed by atoms with Crippen molar-refractivity contribution < 1.29 is 4.74 Å². The number of fused-ring (bicyclic) bond motifs is 1. The molecule has 1 aromatic heterocycles. The first-order valence-corrected chi connectivity index (χ1v) is 7.21. The second-order valence-electron chi connectivity index (χ2n) is 4.78. The summed E-state index contributed by atoms with van der Waals surface area (Å²) >= 11 is 0. The van der Waals surface area contributed by atoms with Crippen LogP contribution in [-0.2, 0) is 0 Å². The normalized spacial score (nSPS) is 10.7. The van der Waals surface area contributed by atoms with Gasteiger partial charge in [-0.3, -0.25) is 5.43 Å². The zero-order valence-corrected chi connectivity index (χ0v) is 11.9. The molecule has 0 aliphatic carbocycles. The first kappa shape index (κ1) is 14.5. The van der Waals surface area contributed by atoms with Gasteiger partial charge in [-0.2, -0.15) is 4.98 Å². The first-order chi connectivity index (χ1) is 9.85. The summed E-state index contributed by atoms with van der Waals surface area (Å²) in [5.74, 6) is 6.36. The minimum absolute atomic E-state index is 0.379. The molecule has 5 heteroatoms. The second-order valence-corrected chi connectivity index (χ2v) is 4.78. The predicted molar refractivity (Wildman–Crippen MR) is 81.6 cm³/mol. The molecule has 0 spiro atoms. The number of nitrogens with two attached hydrogens (primary N) is 1. The average Bonchev–Trinajstić information content (AvgIpc) is 2.50. The number of para-hydroxylation sites is 1. The van der Waals surface area contributed by atoms with Gasteiger partial charge in [0.2, 0.25) is 11.8 Å². The van der Waals surface area contributed by atoms with E-state index in [1.165, 1.54) is 25.7 Å². The molecule has 0 saturated carbocycles. The van der Waals surface area contributed by atoms with Crippen LogP contribution in [-0.4, -0.2) is 16.6 Å². The lowest BCUT2D eigenvalue weighted by molar-refractivity contribution is 0.297. The van der Waals surface area contributed by atoms with Crippen LogP contribution in [0.5, 0.6) is 5.88 Å². The number of nitrogen functional groups attached to an aromatic ring is 1. The van der Waals surface area contributed by atoms with Gasteiger partial charge < -0.3 is 4.74 Å². The molecule has 0 saturated heterocycles. The molecule has 0 aliphatic rings. The zero-order chi connectivity index (χ0) is 14.2. The lowest BCUT2D eigenvalue weighted by Gasteiger charge is -2.09. The monoisotopic (exact) mass is 274 g/mol. The summed E-state index contributed by atoms with van der Waals surface area (Å²) in [6.45, 7) is 2.89. The van der Waals surface area contributed by atoms with Crippen LogP contribution >= 0.6 is 0 Å². The smallest absolute Gasteiger partial charge is 0.241 e. The van der Waals surface area contributed by atoms with Crippen LogP contribution in [0.3, 0.4) is 0 Å². The van der Waals surface area contributed by atoms with E-state index in [0.717, 1.165) is 17.3 Å². The van der Waals surface area contributed by atoms with Crippen LogP contribution < -0.4 is 16.0 Å². The average molecular weight is 274 g/mol. The number of hydrogen-bond donors (Lipinski definition) is 2. The largest absolute Gasteiger partial charge is 0.477 e. The Hall–Kier alpha value is -1.88. The molecular weight excluding hydrogens is 252 g/mol. The zero-order valence-electron chi connectivity index (χ0n) is 11.9. The maximum Gasteiger partial charge on any atom is 0.241 e. The van der Waals surface area contributed by atoms with Crippen molar-refractivity contribution in [3.8, 4) is 5.88 Å². The highest BCUT2D eigenvalue weighted by atomic mass is 16.5. The van der Waals surface area contributed by atoms with Crippen molar-refractivity contribution in [2.45, 2.75) is 39.0 Å². The Labute approximate surface area is 119 Å². The Bertz CT molecular complexity index is 544. The summed E-state index contributed by atoms with van der Waals surface area (Å²) in [7, 11) is 0. The van der Waals surface area contributed by atoms with Gasteiger partial charge in [-0.1, -0.05) is 44.7 Å². The molecule has 1 heterocycles. The fraction of sp³-hybridized carbons (Fsp3) is 0.467. The van der Waals surface area contributed by atoms with Crippen molar-refractivity contribution in [3.05, 3.63) is 24.3 Å². The molecule has 0 unspecified atom stereocenters. The summed E-state index contributed by atoms with van der Waals surface area (Å²) in [4.78, 5) is 8.58. The summed E-state index contributed by atoms with van der Waals surface area (Å²) in [5.41, 5.74) is 3.31. The molecule has 5 nitrogen and oxygen atoms in total. The van der Waals surface area contributed by atoms with Crippen LogP contribution in [0.4, 0.5) is 5.95 Å². The Morgan fingerprint density at radius 1 is 1.10 bits per heavy atom. The van der Waals surface area contributed by atoms with E-state index >= 15 is 0 Å². The van der Waals surface area contributed by atoms with Crippen molar-refractivity contribution in [3.63, 3.8) is 0 Å². The minimum atomic E-state index is 0.379. The molecule has 0 aliphatic heterocycles. The number of hydrogen-bond acceptors (Lipinski definition) is 5. The Morgan fingerprint density at radius 2 is 1.90 bits per heavy atom. The lowest BCUT2D eigenvalue weighted by atomic mass is 10.2. The molecule has 0 atom stereocenters. The molecule has 0 bridgehead atoms. The highest BCUT2D eigenvalue weighted by Gasteiger charge is 2.07. The number of nitrogens with zero attached hydrogens (tertiary/aromatic N) is 2. The molecular formula is C15H22N4O.